The largest absolute Gasteiger partial charge is 0.439 e. The van der Waals surface area contributed by atoms with Gasteiger partial charge in [0.25, 0.3) is 0 Å². The fraction of sp³-hybridized carbons (Fsp3) is 0.356. The Bertz CT molecular complexity index is 1750. The maximum atomic E-state index is 6.09. The molecule has 9 nitrogen and oxygen atoms in total. The van der Waals surface area contributed by atoms with E-state index in [0.29, 0.717) is 49.7 Å². The number of hydrogen-bond donors (Lipinski definition) is 0. The third kappa shape index (κ3) is 11.2. The van der Waals surface area contributed by atoms with Crippen molar-refractivity contribution in [3.63, 3.8) is 0 Å². The molecule has 2 fully saturated rings. The third-order valence-electron chi connectivity index (χ3n) is 9.38. The summed E-state index contributed by atoms with van der Waals surface area (Å²) in [5.74, 6) is 2.27. The highest BCUT2D eigenvalue weighted by molar-refractivity contribution is 5.65. The van der Waals surface area contributed by atoms with Crippen LogP contribution >= 0.6 is 0 Å². The van der Waals surface area contributed by atoms with Gasteiger partial charge in [-0.1, -0.05) is 78.9 Å². The number of nitrogens with zero attached hydrogens (tertiary/aromatic N) is 1. The van der Waals surface area contributed by atoms with Crippen molar-refractivity contribution in [2.45, 2.75) is 64.3 Å². The molecule has 0 spiro atoms. The molecule has 4 aromatic carbocycles. The average Bonchev–Trinajstić information content (AvgIpc) is 4.15. The summed E-state index contributed by atoms with van der Waals surface area (Å²) in [6.45, 7) is 12.1. The van der Waals surface area contributed by atoms with Crippen molar-refractivity contribution in [1.29, 1.82) is 0 Å². The summed E-state index contributed by atoms with van der Waals surface area (Å²) in [4.78, 5) is 4.57. The van der Waals surface area contributed by atoms with Crippen molar-refractivity contribution in [3.05, 3.63) is 126 Å². The molecule has 9 heteroatoms. The van der Waals surface area contributed by atoms with Gasteiger partial charge in [0.15, 0.2) is 0 Å². The number of aromatic nitrogens is 1. The minimum Gasteiger partial charge on any atom is -0.439 e. The van der Waals surface area contributed by atoms with Gasteiger partial charge in [-0.2, -0.15) is 4.98 Å². The van der Waals surface area contributed by atoms with Crippen LogP contribution in [0.2, 0.25) is 0 Å². The fourth-order valence-corrected chi connectivity index (χ4v) is 5.80. The summed E-state index contributed by atoms with van der Waals surface area (Å²) >= 11 is 0. The molecule has 7 rings (SSSR count). The molecule has 282 valence electrons. The van der Waals surface area contributed by atoms with Crippen LogP contribution in [0.4, 0.5) is 0 Å². The lowest BCUT2D eigenvalue weighted by Crippen LogP contribution is -2.19. The van der Waals surface area contributed by atoms with Gasteiger partial charge in [0.2, 0.25) is 11.8 Å². The van der Waals surface area contributed by atoms with Crippen molar-refractivity contribution >= 4 is 0 Å². The summed E-state index contributed by atoms with van der Waals surface area (Å²) in [6, 6.07) is 38.3. The van der Waals surface area contributed by atoms with E-state index in [4.69, 9.17) is 37.9 Å². The fourth-order valence-electron chi connectivity index (χ4n) is 5.80. The molecule has 6 unspecified atom stereocenters. The van der Waals surface area contributed by atoms with Gasteiger partial charge in [-0.05, 0) is 85.3 Å². The molecular weight excluding hydrogens is 682 g/mol. The smallest absolute Gasteiger partial charge is 0.222 e. The van der Waals surface area contributed by atoms with E-state index >= 15 is 0 Å². The zero-order chi connectivity index (χ0) is 37.3. The van der Waals surface area contributed by atoms with Gasteiger partial charge in [0.05, 0.1) is 64.1 Å². The molecule has 0 saturated carbocycles. The zero-order valence-corrected chi connectivity index (χ0v) is 31.4. The predicted molar refractivity (Wildman–Crippen MR) is 207 cm³/mol. The van der Waals surface area contributed by atoms with E-state index in [0.717, 1.165) is 46.6 Å². The van der Waals surface area contributed by atoms with Crippen molar-refractivity contribution in [1.82, 2.24) is 4.98 Å². The molecule has 0 amide bonds. The molecule has 6 atom stereocenters. The molecule has 3 heterocycles. The van der Waals surface area contributed by atoms with Crippen molar-refractivity contribution < 1.29 is 37.9 Å². The first-order chi connectivity index (χ1) is 26.3. The lowest BCUT2D eigenvalue weighted by Gasteiger charge is -2.18. The molecule has 54 heavy (non-hydrogen) atoms. The predicted octanol–water partition coefficient (Wildman–Crippen LogP) is 9.76. The van der Waals surface area contributed by atoms with E-state index < -0.39 is 0 Å². The number of hydrogen-bond acceptors (Lipinski definition) is 9. The van der Waals surface area contributed by atoms with Crippen molar-refractivity contribution in [3.8, 4) is 45.5 Å². The SMILES string of the molecule is CC(COC(C)c1ccc(-c2ccc(Oc3cccc(Oc4ccc(-c5ccc(C(C)OCC(C)OCC6CO6)cc5)cc4)n3)cc2)cc1)OCC1CO1. The number of benzene rings is 4. The van der Waals surface area contributed by atoms with Crippen molar-refractivity contribution in [2.75, 3.05) is 39.6 Å². The minimum atomic E-state index is -0.0307. The first kappa shape index (κ1) is 37.7. The van der Waals surface area contributed by atoms with E-state index in [-0.39, 0.29) is 36.6 Å². The van der Waals surface area contributed by atoms with Crippen LogP contribution in [0, 0.1) is 0 Å². The first-order valence-electron chi connectivity index (χ1n) is 18.8. The molecule has 0 radical (unpaired) electrons. The molecule has 2 aliphatic rings. The van der Waals surface area contributed by atoms with Gasteiger partial charge in [0.1, 0.15) is 23.7 Å². The number of pyridine rings is 1. The first-order valence-corrected chi connectivity index (χ1v) is 18.8. The topological polar surface area (TPSA) is 93.3 Å². The molecule has 0 bridgehead atoms. The Labute approximate surface area is 318 Å². The monoisotopic (exact) mass is 731 g/mol. The van der Waals surface area contributed by atoms with Gasteiger partial charge >= 0.3 is 0 Å². The second-order valence-electron chi connectivity index (χ2n) is 14.0. The Balaban J connectivity index is 0.871. The summed E-state index contributed by atoms with van der Waals surface area (Å²) in [6.07, 6.45) is 0.517. The van der Waals surface area contributed by atoms with Crippen LogP contribution < -0.4 is 9.47 Å². The van der Waals surface area contributed by atoms with Crippen LogP contribution in [0.1, 0.15) is 51.0 Å². The van der Waals surface area contributed by atoms with E-state index in [9.17, 15) is 0 Å². The van der Waals surface area contributed by atoms with E-state index in [1.54, 1.807) is 0 Å². The summed E-state index contributed by atoms with van der Waals surface area (Å²) in [5.41, 5.74) is 6.64. The zero-order valence-electron chi connectivity index (χ0n) is 31.4. The standard InChI is InChI=1S/C45H49NO8/c1-30(47-26-42-28-51-42)24-49-32(3)34-8-12-36(13-9-34)38-16-20-40(21-17-38)53-44-6-5-7-45(46-44)54-41-22-18-39(19-23-41)37-14-10-35(11-15-37)33(4)50-25-31(2)48-27-43-29-52-43/h5-23,30-33,42-43H,24-29H2,1-4H3. The lowest BCUT2D eigenvalue weighted by atomic mass is 10.0. The Hall–Kier alpha value is -4.61. The molecule has 2 saturated heterocycles. The van der Waals surface area contributed by atoms with Crippen molar-refractivity contribution in [2.24, 2.45) is 0 Å². The van der Waals surface area contributed by atoms with E-state index in [1.165, 1.54) is 0 Å². The molecule has 5 aromatic rings. The van der Waals surface area contributed by atoms with Gasteiger partial charge in [0, 0.05) is 12.1 Å². The minimum absolute atomic E-state index is 0.0275. The highest BCUT2D eigenvalue weighted by Gasteiger charge is 2.24. The van der Waals surface area contributed by atoms with Gasteiger partial charge < -0.3 is 37.9 Å². The number of epoxide rings is 2. The Kier molecular flexibility index (Phi) is 12.7. The van der Waals surface area contributed by atoms with E-state index in [1.807, 2.05) is 80.6 Å². The van der Waals surface area contributed by atoms with Crippen LogP contribution in [0.5, 0.6) is 23.3 Å². The van der Waals surface area contributed by atoms with Crippen LogP contribution in [0.3, 0.4) is 0 Å². The highest BCUT2D eigenvalue weighted by atomic mass is 16.6. The maximum absolute atomic E-state index is 6.09. The highest BCUT2D eigenvalue weighted by Crippen LogP contribution is 2.30. The molecule has 0 N–H and O–H groups in total. The normalized spacial score (nSPS) is 18.4. The lowest BCUT2D eigenvalue weighted by molar-refractivity contribution is -0.0357. The number of rotatable bonds is 20. The maximum Gasteiger partial charge on any atom is 0.222 e. The molecule has 1 aromatic heterocycles. The summed E-state index contributed by atoms with van der Waals surface area (Å²) in [7, 11) is 0. The molecule has 0 aliphatic carbocycles. The quantitative estimate of drug-likeness (QED) is 0.0726. The van der Waals surface area contributed by atoms with Gasteiger partial charge in [-0.15, -0.1) is 0 Å². The second-order valence-corrected chi connectivity index (χ2v) is 14.0. The van der Waals surface area contributed by atoms with Crippen LogP contribution in [-0.4, -0.2) is 69.0 Å². The van der Waals surface area contributed by atoms with Crippen LogP contribution in [-0.2, 0) is 28.4 Å². The summed E-state index contributed by atoms with van der Waals surface area (Å²) in [5, 5.41) is 0. The van der Waals surface area contributed by atoms with Gasteiger partial charge in [-0.25, -0.2) is 0 Å². The third-order valence-corrected chi connectivity index (χ3v) is 9.38. The van der Waals surface area contributed by atoms with Crippen LogP contribution in [0.25, 0.3) is 22.3 Å². The second kappa shape index (κ2) is 18.1. The Morgan fingerprint density at radius 3 is 1.20 bits per heavy atom. The number of ether oxygens (including phenoxy) is 8. The van der Waals surface area contributed by atoms with E-state index in [2.05, 4.69) is 67.4 Å². The van der Waals surface area contributed by atoms with Crippen LogP contribution in [0.15, 0.2) is 115 Å². The molecular formula is C45H49NO8. The van der Waals surface area contributed by atoms with Gasteiger partial charge in [-0.3, -0.25) is 0 Å². The summed E-state index contributed by atoms with van der Waals surface area (Å²) < 4.78 is 46.2. The average molecular weight is 732 g/mol. The Morgan fingerprint density at radius 2 is 0.852 bits per heavy atom. The molecule has 2 aliphatic heterocycles. The Morgan fingerprint density at radius 1 is 0.500 bits per heavy atom.